The van der Waals surface area contributed by atoms with Gasteiger partial charge < -0.3 is 16.2 Å². The monoisotopic (exact) mass is 284 g/mol. The van der Waals surface area contributed by atoms with E-state index in [4.69, 9.17) is 11.5 Å². The van der Waals surface area contributed by atoms with Crippen molar-refractivity contribution in [3.8, 4) is 17.0 Å². The highest BCUT2D eigenvalue weighted by Crippen LogP contribution is 2.32. The molecule has 106 valence electrons. The van der Waals surface area contributed by atoms with E-state index in [2.05, 4.69) is 14.7 Å². The minimum Gasteiger partial charge on any atom is -0.406 e. The fourth-order valence-corrected chi connectivity index (χ4v) is 1.72. The fourth-order valence-electron chi connectivity index (χ4n) is 1.72. The Morgan fingerprint density at radius 1 is 1.15 bits per heavy atom. The lowest BCUT2D eigenvalue weighted by Crippen LogP contribution is -2.17. The highest BCUT2D eigenvalue weighted by Gasteiger charge is 2.31. The van der Waals surface area contributed by atoms with E-state index in [0.29, 0.717) is 16.8 Å². The van der Waals surface area contributed by atoms with Gasteiger partial charge >= 0.3 is 6.36 Å². The second-order valence-corrected chi connectivity index (χ2v) is 4.05. The zero-order valence-corrected chi connectivity index (χ0v) is 10.4. The third-order valence-corrected chi connectivity index (χ3v) is 2.60. The minimum absolute atomic E-state index is 0.116. The van der Waals surface area contributed by atoms with E-state index < -0.39 is 6.36 Å². The number of anilines is 2. The van der Waals surface area contributed by atoms with Crippen molar-refractivity contribution in [1.29, 1.82) is 0 Å². The van der Waals surface area contributed by atoms with Crippen LogP contribution in [-0.4, -0.2) is 16.3 Å². The number of alkyl halides is 3. The van der Waals surface area contributed by atoms with Gasteiger partial charge in [-0.1, -0.05) is 0 Å². The van der Waals surface area contributed by atoms with Crippen LogP contribution in [0.4, 0.5) is 24.7 Å². The minimum atomic E-state index is -4.73. The number of benzene rings is 1. The molecule has 4 N–H and O–H groups in total. The Bertz CT molecular complexity index is 643. The van der Waals surface area contributed by atoms with Gasteiger partial charge in [0.1, 0.15) is 17.8 Å². The number of aryl methyl sites for hydroxylation is 1. The summed E-state index contributed by atoms with van der Waals surface area (Å²) in [5.74, 6) is -0.190. The normalized spacial score (nSPS) is 11.4. The molecule has 1 aromatic heterocycles. The molecule has 0 saturated carbocycles. The SMILES string of the molecule is Cc1cc(OC(F)(F)F)ccc1-c1ncnc(N)c1N. The molecular formula is C12H11F3N4O. The molecule has 0 bridgehead atoms. The Labute approximate surface area is 112 Å². The van der Waals surface area contributed by atoms with E-state index in [-0.39, 0.29) is 17.3 Å². The number of halogens is 3. The van der Waals surface area contributed by atoms with Crippen LogP contribution in [0.3, 0.4) is 0 Å². The largest absolute Gasteiger partial charge is 0.573 e. The van der Waals surface area contributed by atoms with E-state index in [0.717, 1.165) is 0 Å². The first kappa shape index (κ1) is 13.9. The number of ether oxygens (including phenoxy) is 1. The van der Waals surface area contributed by atoms with Crippen LogP contribution < -0.4 is 16.2 Å². The fraction of sp³-hybridized carbons (Fsp3) is 0.167. The smallest absolute Gasteiger partial charge is 0.406 e. The number of nitrogen functional groups attached to an aromatic ring is 2. The summed E-state index contributed by atoms with van der Waals surface area (Å²) >= 11 is 0. The Morgan fingerprint density at radius 3 is 2.45 bits per heavy atom. The van der Waals surface area contributed by atoms with E-state index in [1.807, 2.05) is 0 Å². The second kappa shape index (κ2) is 4.87. The molecular weight excluding hydrogens is 273 g/mol. The molecule has 0 fully saturated rings. The van der Waals surface area contributed by atoms with Gasteiger partial charge in [0.05, 0.1) is 5.69 Å². The number of hydrogen-bond donors (Lipinski definition) is 2. The van der Waals surface area contributed by atoms with Gasteiger partial charge in [-0.25, -0.2) is 9.97 Å². The van der Waals surface area contributed by atoms with Crippen molar-refractivity contribution in [3.63, 3.8) is 0 Å². The molecule has 0 amide bonds. The van der Waals surface area contributed by atoms with Crippen LogP contribution >= 0.6 is 0 Å². The molecule has 20 heavy (non-hydrogen) atoms. The van der Waals surface area contributed by atoms with Crippen LogP contribution in [0.25, 0.3) is 11.3 Å². The van der Waals surface area contributed by atoms with Crippen molar-refractivity contribution in [2.75, 3.05) is 11.5 Å². The molecule has 0 radical (unpaired) electrons. The van der Waals surface area contributed by atoms with Gasteiger partial charge in [-0.05, 0) is 30.7 Å². The first-order chi connectivity index (χ1) is 9.28. The summed E-state index contributed by atoms with van der Waals surface area (Å²) in [7, 11) is 0. The number of aromatic nitrogens is 2. The number of nitrogens with zero attached hydrogens (tertiary/aromatic N) is 2. The predicted molar refractivity (Wildman–Crippen MR) is 67.7 cm³/mol. The van der Waals surface area contributed by atoms with Gasteiger partial charge in [0.25, 0.3) is 0 Å². The lowest BCUT2D eigenvalue weighted by atomic mass is 10.0. The number of rotatable bonds is 2. The molecule has 0 atom stereocenters. The van der Waals surface area contributed by atoms with Crippen LogP contribution in [0.1, 0.15) is 5.56 Å². The molecule has 0 unspecified atom stereocenters. The molecule has 2 rings (SSSR count). The third kappa shape index (κ3) is 2.90. The quantitative estimate of drug-likeness (QED) is 0.884. The number of hydrogen-bond acceptors (Lipinski definition) is 5. The van der Waals surface area contributed by atoms with Crippen molar-refractivity contribution >= 4 is 11.5 Å². The molecule has 1 aromatic carbocycles. The molecule has 8 heteroatoms. The average Bonchev–Trinajstić information content (AvgIpc) is 2.31. The third-order valence-electron chi connectivity index (χ3n) is 2.60. The molecule has 0 spiro atoms. The molecule has 0 aliphatic carbocycles. The van der Waals surface area contributed by atoms with Gasteiger partial charge in [-0.3, -0.25) is 0 Å². The Kier molecular flexibility index (Phi) is 3.39. The Balaban J connectivity index is 2.42. The summed E-state index contributed by atoms with van der Waals surface area (Å²) in [5.41, 5.74) is 13.0. The second-order valence-electron chi connectivity index (χ2n) is 4.05. The maximum Gasteiger partial charge on any atom is 0.573 e. The van der Waals surface area contributed by atoms with E-state index >= 15 is 0 Å². The van der Waals surface area contributed by atoms with Gasteiger partial charge in [-0.2, -0.15) is 0 Å². The lowest BCUT2D eigenvalue weighted by Gasteiger charge is -2.12. The zero-order chi connectivity index (χ0) is 14.9. The molecule has 2 aromatic rings. The average molecular weight is 284 g/mol. The number of nitrogens with two attached hydrogens (primary N) is 2. The summed E-state index contributed by atoms with van der Waals surface area (Å²) in [6, 6.07) is 3.88. The molecule has 0 aliphatic rings. The summed E-state index contributed by atoms with van der Waals surface area (Å²) in [6.45, 7) is 1.62. The van der Waals surface area contributed by atoms with Crippen molar-refractivity contribution in [1.82, 2.24) is 9.97 Å². The maximum absolute atomic E-state index is 12.1. The molecule has 0 aliphatic heterocycles. The summed E-state index contributed by atoms with van der Waals surface area (Å²) < 4.78 is 40.2. The summed E-state index contributed by atoms with van der Waals surface area (Å²) in [5, 5.41) is 0. The summed E-state index contributed by atoms with van der Waals surface area (Å²) in [6.07, 6.45) is -3.49. The standard InChI is InChI=1S/C12H11F3N4O/c1-6-4-7(20-12(13,14)15)2-3-8(6)10-9(16)11(17)19-5-18-10/h2-5H,16H2,1H3,(H2,17,18,19). The van der Waals surface area contributed by atoms with Crippen molar-refractivity contribution < 1.29 is 17.9 Å². The van der Waals surface area contributed by atoms with Crippen LogP contribution in [0, 0.1) is 6.92 Å². The van der Waals surface area contributed by atoms with Gasteiger partial charge in [0.15, 0.2) is 5.82 Å². The topological polar surface area (TPSA) is 87.0 Å². The Morgan fingerprint density at radius 2 is 1.85 bits per heavy atom. The van der Waals surface area contributed by atoms with Crippen molar-refractivity contribution in [2.45, 2.75) is 13.3 Å². The van der Waals surface area contributed by atoms with Crippen molar-refractivity contribution in [2.24, 2.45) is 0 Å². The van der Waals surface area contributed by atoms with E-state index in [1.54, 1.807) is 6.92 Å². The zero-order valence-electron chi connectivity index (χ0n) is 10.4. The Hall–Kier alpha value is -2.51. The van der Waals surface area contributed by atoms with Gasteiger partial charge in [0.2, 0.25) is 0 Å². The molecule has 0 saturated heterocycles. The first-order valence-electron chi connectivity index (χ1n) is 5.50. The molecule has 1 heterocycles. The maximum atomic E-state index is 12.1. The van der Waals surface area contributed by atoms with Gasteiger partial charge in [0, 0.05) is 5.56 Å². The van der Waals surface area contributed by atoms with E-state index in [9.17, 15) is 13.2 Å². The van der Waals surface area contributed by atoms with Gasteiger partial charge in [-0.15, -0.1) is 13.2 Å². The lowest BCUT2D eigenvalue weighted by molar-refractivity contribution is -0.274. The van der Waals surface area contributed by atoms with Crippen molar-refractivity contribution in [3.05, 3.63) is 30.1 Å². The van der Waals surface area contributed by atoms with Crippen LogP contribution in [-0.2, 0) is 0 Å². The molecule has 5 nitrogen and oxygen atoms in total. The first-order valence-corrected chi connectivity index (χ1v) is 5.50. The van der Waals surface area contributed by atoms with Crippen LogP contribution in [0.15, 0.2) is 24.5 Å². The highest BCUT2D eigenvalue weighted by molar-refractivity contribution is 5.80. The van der Waals surface area contributed by atoms with Crippen LogP contribution in [0.5, 0.6) is 5.75 Å². The predicted octanol–water partition coefficient (Wildman–Crippen LogP) is 2.52. The summed E-state index contributed by atoms with van der Waals surface area (Å²) in [4.78, 5) is 7.72. The van der Waals surface area contributed by atoms with Crippen LogP contribution in [0.2, 0.25) is 0 Å². The van der Waals surface area contributed by atoms with E-state index in [1.165, 1.54) is 24.5 Å². The highest BCUT2D eigenvalue weighted by atomic mass is 19.4.